The van der Waals surface area contributed by atoms with E-state index in [1.807, 2.05) is 30.3 Å². The van der Waals surface area contributed by atoms with Gasteiger partial charge in [-0.15, -0.1) is 0 Å². The molecule has 0 saturated heterocycles. The number of benzene rings is 2. The Morgan fingerprint density at radius 2 is 1.90 bits per heavy atom. The number of hydrogen-bond donors (Lipinski definition) is 2. The lowest BCUT2D eigenvalue weighted by atomic mass is 10.1. The largest absolute Gasteiger partial charge is 0.358 e. The first-order valence-corrected chi connectivity index (χ1v) is 7.14. The number of nitriles is 1. The number of rotatable bonds is 4. The first kappa shape index (κ1) is 15.0. The number of thiocarbonyl (C=S) groups is 1. The smallest absolute Gasteiger partial charge is 0.171 e. The maximum atomic E-state index is 8.64. The molecule has 0 aliphatic rings. The van der Waals surface area contributed by atoms with Crippen LogP contribution in [0.3, 0.4) is 0 Å². The summed E-state index contributed by atoms with van der Waals surface area (Å²) >= 11 is 5.28. The van der Waals surface area contributed by atoms with Crippen LogP contribution in [-0.2, 0) is 13.0 Å². The Labute approximate surface area is 130 Å². The van der Waals surface area contributed by atoms with Crippen LogP contribution < -0.4 is 10.6 Å². The van der Waals surface area contributed by atoms with Crippen LogP contribution in [0.2, 0.25) is 0 Å². The van der Waals surface area contributed by atoms with E-state index in [4.69, 9.17) is 17.5 Å². The number of aryl methyl sites for hydroxylation is 1. The van der Waals surface area contributed by atoms with Crippen molar-refractivity contribution in [3.05, 3.63) is 65.2 Å². The van der Waals surface area contributed by atoms with Crippen LogP contribution in [-0.4, -0.2) is 5.11 Å². The zero-order valence-electron chi connectivity index (χ0n) is 11.9. The van der Waals surface area contributed by atoms with Gasteiger partial charge in [-0.3, -0.25) is 0 Å². The summed E-state index contributed by atoms with van der Waals surface area (Å²) in [7, 11) is 0. The van der Waals surface area contributed by atoms with Crippen molar-refractivity contribution in [3.8, 4) is 6.07 Å². The molecule has 0 spiro atoms. The van der Waals surface area contributed by atoms with E-state index in [0.717, 1.165) is 11.3 Å². The predicted molar refractivity (Wildman–Crippen MR) is 90.0 cm³/mol. The van der Waals surface area contributed by atoms with Gasteiger partial charge in [-0.05, 0) is 42.4 Å². The molecule has 0 aromatic heterocycles. The summed E-state index contributed by atoms with van der Waals surface area (Å²) in [6.07, 6.45) is 0.427. The van der Waals surface area contributed by atoms with Gasteiger partial charge in [0.05, 0.1) is 12.5 Å². The van der Waals surface area contributed by atoms with Gasteiger partial charge in [0.2, 0.25) is 0 Å². The summed E-state index contributed by atoms with van der Waals surface area (Å²) in [4.78, 5) is 0. The monoisotopic (exact) mass is 295 g/mol. The minimum atomic E-state index is 0.427. The summed E-state index contributed by atoms with van der Waals surface area (Å²) in [5.74, 6) is 0. The van der Waals surface area contributed by atoms with Gasteiger partial charge >= 0.3 is 0 Å². The second kappa shape index (κ2) is 7.41. The van der Waals surface area contributed by atoms with Crippen LogP contribution in [0.5, 0.6) is 0 Å². The summed E-state index contributed by atoms with van der Waals surface area (Å²) in [6.45, 7) is 2.77. The second-order valence-corrected chi connectivity index (χ2v) is 5.24. The molecule has 2 aromatic rings. The van der Waals surface area contributed by atoms with E-state index in [-0.39, 0.29) is 0 Å². The third-order valence-corrected chi connectivity index (χ3v) is 3.28. The fraction of sp³-hybridized carbons (Fsp3) is 0.176. The molecule has 0 aliphatic carbocycles. The van der Waals surface area contributed by atoms with E-state index in [0.29, 0.717) is 18.1 Å². The summed E-state index contributed by atoms with van der Waals surface area (Å²) < 4.78 is 0. The van der Waals surface area contributed by atoms with E-state index < -0.39 is 0 Å². The molecule has 2 rings (SSSR count). The van der Waals surface area contributed by atoms with Gasteiger partial charge in [0.25, 0.3) is 0 Å². The topological polar surface area (TPSA) is 47.8 Å². The molecule has 0 aliphatic heterocycles. The van der Waals surface area contributed by atoms with Crippen molar-refractivity contribution in [2.24, 2.45) is 0 Å². The minimum Gasteiger partial charge on any atom is -0.358 e. The summed E-state index contributed by atoms with van der Waals surface area (Å²) in [5, 5.41) is 15.5. The van der Waals surface area contributed by atoms with Gasteiger partial charge in [-0.1, -0.05) is 42.0 Å². The molecule has 0 bridgehead atoms. The van der Waals surface area contributed by atoms with E-state index in [1.54, 1.807) is 0 Å². The van der Waals surface area contributed by atoms with Crippen LogP contribution in [0.1, 0.15) is 16.7 Å². The van der Waals surface area contributed by atoms with Crippen molar-refractivity contribution in [3.63, 3.8) is 0 Å². The molecule has 0 saturated carbocycles. The fourth-order valence-electron chi connectivity index (χ4n) is 1.98. The number of hydrogen-bond acceptors (Lipinski definition) is 2. The average molecular weight is 295 g/mol. The average Bonchev–Trinajstić information content (AvgIpc) is 2.48. The fourth-order valence-corrected chi connectivity index (χ4v) is 2.17. The van der Waals surface area contributed by atoms with Gasteiger partial charge in [0.15, 0.2) is 5.11 Å². The lowest BCUT2D eigenvalue weighted by molar-refractivity contribution is 0.924. The Balaban J connectivity index is 1.85. The molecule has 106 valence electrons. The molecule has 0 amide bonds. The summed E-state index contributed by atoms with van der Waals surface area (Å²) in [5.41, 5.74) is 4.35. The molecule has 21 heavy (non-hydrogen) atoms. The SMILES string of the molecule is Cc1cccc(CNC(=S)Nc2ccc(CC#N)cc2)c1. The minimum absolute atomic E-state index is 0.427. The molecule has 2 aromatic carbocycles. The molecule has 0 unspecified atom stereocenters. The zero-order valence-corrected chi connectivity index (χ0v) is 12.7. The van der Waals surface area contributed by atoms with Gasteiger partial charge in [-0.2, -0.15) is 5.26 Å². The number of nitrogens with zero attached hydrogens (tertiary/aromatic N) is 1. The third kappa shape index (κ3) is 4.90. The molecular weight excluding hydrogens is 278 g/mol. The molecule has 0 radical (unpaired) electrons. The molecule has 0 heterocycles. The highest BCUT2D eigenvalue weighted by Crippen LogP contribution is 2.10. The quantitative estimate of drug-likeness (QED) is 0.847. The second-order valence-electron chi connectivity index (χ2n) is 4.83. The van der Waals surface area contributed by atoms with Gasteiger partial charge in [0.1, 0.15) is 0 Å². The highest BCUT2D eigenvalue weighted by Gasteiger charge is 1.99. The first-order valence-electron chi connectivity index (χ1n) is 6.73. The highest BCUT2D eigenvalue weighted by molar-refractivity contribution is 7.80. The Morgan fingerprint density at radius 3 is 2.57 bits per heavy atom. The highest BCUT2D eigenvalue weighted by atomic mass is 32.1. The molecular formula is C17H17N3S. The van der Waals surface area contributed by atoms with E-state index in [2.05, 4.69) is 41.8 Å². The van der Waals surface area contributed by atoms with Crippen LogP contribution in [0.25, 0.3) is 0 Å². The Morgan fingerprint density at radius 1 is 1.14 bits per heavy atom. The van der Waals surface area contributed by atoms with Crippen molar-refractivity contribution in [1.29, 1.82) is 5.26 Å². The summed E-state index contributed by atoms with van der Waals surface area (Å²) in [6, 6.07) is 18.1. The molecule has 0 fully saturated rings. The van der Waals surface area contributed by atoms with E-state index >= 15 is 0 Å². The van der Waals surface area contributed by atoms with Crippen LogP contribution >= 0.6 is 12.2 Å². The third-order valence-electron chi connectivity index (χ3n) is 3.03. The van der Waals surface area contributed by atoms with Crippen molar-refractivity contribution in [2.45, 2.75) is 19.9 Å². The molecule has 2 N–H and O–H groups in total. The maximum absolute atomic E-state index is 8.64. The van der Waals surface area contributed by atoms with Crippen LogP contribution in [0.4, 0.5) is 5.69 Å². The molecule has 0 atom stereocenters. The van der Waals surface area contributed by atoms with Crippen LogP contribution in [0.15, 0.2) is 48.5 Å². The van der Waals surface area contributed by atoms with Crippen molar-refractivity contribution >= 4 is 23.0 Å². The lowest BCUT2D eigenvalue weighted by Crippen LogP contribution is -2.27. The first-order chi connectivity index (χ1) is 10.2. The maximum Gasteiger partial charge on any atom is 0.171 e. The van der Waals surface area contributed by atoms with Crippen LogP contribution in [0, 0.1) is 18.3 Å². The van der Waals surface area contributed by atoms with E-state index in [9.17, 15) is 0 Å². The Bertz CT molecular complexity index is 656. The van der Waals surface area contributed by atoms with Gasteiger partial charge < -0.3 is 10.6 Å². The van der Waals surface area contributed by atoms with Crippen molar-refractivity contribution in [1.82, 2.24) is 5.32 Å². The number of nitrogens with one attached hydrogen (secondary N) is 2. The predicted octanol–water partition coefficient (Wildman–Crippen LogP) is 3.55. The molecule has 3 nitrogen and oxygen atoms in total. The number of anilines is 1. The Kier molecular flexibility index (Phi) is 5.30. The normalized spacial score (nSPS) is 9.71. The van der Waals surface area contributed by atoms with Gasteiger partial charge in [-0.25, -0.2) is 0 Å². The zero-order chi connectivity index (χ0) is 15.1. The molecule has 4 heteroatoms. The Hall–Kier alpha value is -2.38. The lowest BCUT2D eigenvalue weighted by Gasteiger charge is -2.11. The standard InChI is InChI=1S/C17H17N3S/c1-13-3-2-4-15(11-13)12-19-17(21)20-16-7-5-14(6-8-16)9-10-18/h2-8,11H,9,12H2,1H3,(H2,19,20,21). The van der Waals surface area contributed by atoms with Crippen molar-refractivity contribution < 1.29 is 0 Å². The van der Waals surface area contributed by atoms with E-state index in [1.165, 1.54) is 11.1 Å². The van der Waals surface area contributed by atoms with Gasteiger partial charge in [0, 0.05) is 12.2 Å². The van der Waals surface area contributed by atoms with Crippen molar-refractivity contribution in [2.75, 3.05) is 5.32 Å².